The van der Waals surface area contributed by atoms with Crippen LogP contribution >= 0.6 is 23.4 Å². The quantitative estimate of drug-likeness (QED) is 0.507. The molecule has 1 atom stereocenters. The largest absolute Gasteiger partial charge is 0.349 e. The van der Waals surface area contributed by atoms with Crippen LogP contribution in [0, 0.1) is 0 Å². The van der Waals surface area contributed by atoms with Gasteiger partial charge in [0.15, 0.2) is 11.0 Å². The van der Waals surface area contributed by atoms with Crippen molar-refractivity contribution in [3.05, 3.63) is 65.1 Å². The Morgan fingerprint density at radius 2 is 2.12 bits per heavy atom. The number of aromatic nitrogens is 4. The number of carbonyl (C=O) groups excluding carboxylic acids is 2. The molecule has 1 aliphatic heterocycles. The molecule has 2 amide bonds. The topological polar surface area (TPSA) is 93.0 Å². The van der Waals surface area contributed by atoms with Gasteiger partial charge in [-0.2, -0.15) is 0 Å². The van der Waals surface area contributed by atoms with Crippen molar-refractivity contribution in [1.29, 1.82) is 0 Å². The van der Waals surface area contributed by atoms with Crippen LogP contribution in [0.25, 0.3) is 5.82 Å². The van der Waals surface area contributed by atoms with Crippen LogP contribution in [-0.2, 0) is 16.1 Å². The van der Waals surface area contributed by atoms with E-state index < -0.39 is 0 Å². The van der Waals surface area contributed by atoms with E-state index in [1.807, 2.05) is 47.9 Å². The number of benzene rings is 1. The Kier molecular flexibility index (Phi) is 7.06. The van der Waals surface area contributed by atoms with Crippen LogP contribution in [0.3, 0.4) is 0 Å². The number of carbonyl (C=O) groups is 2. The van der Waals surface area contributed by atoms with E-state index in [1.165, 1.54) is 11.8 Å². The van der Waals surface area contributed by atoms with Gasteiger partial charge in [-0.15, -0.1) is 10.2 Å². The molecule has 1 fully saturated rings. The Labute approximate surface area is 195 Å². The summed E-state index contributed by atoms with van der Waals surface area (Å²) >= 11 is 7.33. The molecule has 32 heavy (non-hydrogen) atoms. The van der Waals surface area contributed by atoms with Gasteiger partial charge in [-0.1, -0.05) is 41.6 Å². The number of hydrogen-bond acceptors (Lipinski definition) is 6. The minimum absolute atomic E-state index is 0.115. The molecular formula is C22H23ClN6O2S. The molecule has 1 N–H and O–H groups in total. The van der Waals surface area contributed by atoms with E-state index in [9.17, 15) is 9.59 Å². The number of rotatable bonds is 8. The molecule has 0 radical (unpaired) electrons. The molecule has 4 rings (SSSR count). The fourth-order valence-electron chi connectivity index (χ4n) is 3.53. The molecule has 1 saturated heterocycles. The van der Waals surface area contributed by atoms with Crippen LogP contribution in [0.15, 0.2) is 53.8 Å². The average molecular weight is 471 g/mol. The Hall–Kier alpha value is -2.91. The summed E-state index contributed by atoms with van der Waals surface area (Å²) in [5.74, 6) is 1.42. The molecule has 0 saturated carbocycles. The van der Waals surface area contributed by atoms with Gasteiger partial charge in [0, 0.05) is 24.2 Å². The first-order valence-corrected chi connectivity index (χ1v) is 11.7. The second kappa shape index (κ2) is 10.1. The van der Waals surface area contributed by atoms with Crippen LogP contribution in [0.5, 0.6) is 0 Å². The maximum atomic E-state index is 12.6. The number of hydrogen-bond donors (Lipinski definition) is 1. The summed E-state index contributed by atoms with van der Waals surface area (Å²) < 4.78 is 1.81. The zero-order valence-electron chi connectivity index (χ0n) is 17.6. The van der Waals surface area contributed by atoms with E-state index >= 15 is 0 Å². The van der Waals surface area contributed by atoms with Crippen molar-refractivity contribution in [2.45, 2.75) is 37.5 Å². The lowest BCUT2D eigenvalue weighted by Crippen LogP contribution is -2.28. The second-order valence-corrected chi connectivity index (χ2v) is 8.85. The number of likely N-dealkylation sites (tertiary alicyclic amines) is 1. The number of pyridine rings is 1. The molecule has 2 aromatic heterocycles. The molecule has 1 aliphatic rings. The van der Waals surface area contributed by atoms with Crippen molar-refractivity contribution in [1.82, 2.24) is 30.0 Å². The zero-order chi connectivity index (χ0) is 22.5. The molecule has 0 aliphatic carbocycles. The van der Waals surface area contributed by atoms with Gasteiger partial charge in [0.1, 0.15) is 5.82 Å². The molecule has 0 spiro atoms. The Morgan fingerprint density at radius 1 is 1.25 bits per heavy atom. The molecule has 10 heteroatoms. The Morgan fingerprint density at radius 3 is 2.84 bits per heavy atom. The average Bonchev–Trinajstić information content (AvgIpc) is 3.39. The molecule has 0 bridgehead atoms. The molecule has 8 nitrogen and oxygen atoms in total. The van der Waals surface area contributed by atoms with Gasteiger partial charge in [0.25, 0.3) is 0 Å². The third-order valence-electron chi connectivity index (χ3n) is 5.14. The summed E-state index contributed by atoms with van der Waals surface area (Å²) in [4.78, 5) is 30.8. The summed E-state index contributed by atoms with van der Waals surface area (Å²) in [5, 5.41) is 12.7. The highest BCUT2D eigenvalue weighted by Crippen LogP contribution is 2.23. The summed E-state index contributed by atoms with van der Waals surface area (Å²) in [6.45, 7) is 2.98. The molecule has 0 unspecified atom stereocenters. The first-order valence-electron chi connectivity index (χ1n) is 10.3. The molecular weight excluding hydrogens is 448 g/mol. The van der Waals surface area contributed by atoms with Crippen LogP contribution in [-0.4, -0.2) is 48.8 Å². The highest BCUT2D eigenvalue weighted by Gasteiger charge is 2.24. The molecule has 1 aromatic carbocycles. The van der Waals surface area contributed by atoms with Crippen molar-refractivity contribution in [3.63, 3.8) is 0 Å². The van der Waals surface area contributed by atoms with E-state index in [1.54, 1.807) is 17.2 Å². The maximum Gasteiger partial charge on any atom is 0.230 e. The first-order chi connectivity index (χ1) is 15.5. The van der Waals surface area contributed by atoms with Gasteiger partial charge >= 0.3 is 0 Å². The monoisotopic (exact) mass is 470 g/mol. The van der Waals surface area contributed by atoms with E-state index in [-0.39, 0.29) is 23.6 Å². The van der Waals surface area contributed by atoms with Crippen molar-refractivity contribution in [2.24, 2.45) is 0 Å². The van der Waals surface area contributed by atoms with Crippen molar-refractivity contribution < 1.29 is 9.59 Å². The predicted octanol–water partition coefficient (Wildman–Crippen LogP) is 3.41. The van der Waals surface area contributed by atoms with Gasteiger partial charge in [-0.05, 0) is 43.2 Å². The van der Waals surface area contributed by atoms with Crippen molar-refractivity contribution in [2.75, 3.05) is 12.3 Å². The van der Waals surface area contributed by atoms with Gasteiger partial charge in [0.2, 0.25) is 11.8 Å². The Bertz CT molecular complexity index is 1110. The minimum Gasteiger partial charge on any atom is -0.349 e. The van der Waals surface area contributed by atoms with E-state index in [4.69, 9.17) is 11.6 Å². The van der Waals surface area contributed by atoms with E-state index in [2.05, 4.69) is 20.5 Å². The Balaban J connectivity index is 1.47. The van der Waals surface area contributed by atoms with E-state index in [0.29, 0.717) is 41.3 Å². The summed E-state index contributed by atoms with van der Waals surface area (Å²) in [6.07, 6.45) is 3.10. The normalized spacial score (nSPS) is 14.6. The third kappa shape index (κ3) is 5.28. The molecule has 3 heterocycles. The van der Waals surface area contributed by atoms with Crippen molar-refractivity contribution in [3.8, 4) is 5.82 Å². The number of nitrogens with one attached hydrogen (secondary N) is 1. The van der Waals surface area contributed by atoms with Gasteiger partial charge in [0.05, 0.1) is 18.3 Å². The standard InChI is InChI=1S/C22H23ClN6O2S/c1-15(16-6-4-7-17(23)12-16)25-20(30)14-32-22-27-26-19(13-28-11-5-9-21(28)31)29(22)18-8-2-3-10-24-18/h2-4,6-8,10,12,15H,5,9,11,13-14H2,1H3,(H,25,30)/t15-/m1/s1. The lowest BCUT2D eigenvalue weighted by molar-refractivity contribution is -0.128. The fourth-order valence-corrected chi connectivity index (χ4v) is 4.50. The summed E-state index contributed by atoms with van der Waals surface area (Å²) in [5.41, 5.74) is 0.935. The minimum atomic E-state index is -0.174. The number of nitrogens with zero attached hydrogens (tertiary/aromatic N) is 5. The van der Waals surface area contributed by atoms with E-state index in [0.717, 1.165) is 12.0 Å². The number of amides is 2. The van der Waals surface area contributed by atoms with Gasteiger partial charge in [-0.25, -0.2) is 4.98 Å². The summed E-state index contributed by atoms with van der Waals surface area (Å²) in [7, 11) is 0. The highest BCUT2D eigenvalue weighted by molar-refractivity contribution is 7.99. The van der Waals surface area contributed by atoms with Crippen molar-refractivity contribution >= 4 is 35.2 Å². The van der Waals surface area contributed by atoms with Gasteiger partial charge in [-0.3, -0.25) is 14.2 Å². The lowest BCUT2D eigenvalue weighted by atomic mass is 10.1. The number of halogens is 1. The van der Waals surface area contributed by atoms with Crippen LogP contribution in [0.1, 0.15) is 37.2 Å². The smallest absolute Gasteiger partial charge is 0.230 e. The highest BCUT2D eigenvalue weighted by atomic mass is 35.5. The van der Waals surface area contributed by atoms with Gasteiger partial charge < -0.3 is 10.2 Å². The molecule has 166 valence electrons. The number of thioether (sulfide) groups is 1. The fraction of sp³-hybridized carbons (Fsp3) is 0.318. The maximum absolute atomic E-state index is 12.6. The van der Waals surface area contributed by atoms with Crippen LogP contribution in [0.4, 0.5) is 0 Å². The summed E-state index contributed by atoms with van der Waals surface area (Å²) in [6, 6.07) is 12.8. The van der Waals surface area contributed by atoms with Crippen LogP contribution < -0.4 is 5.32 Å². The third-order valence-corrected chi connectivity index (χ3v) is 6.30. The lowest BCUT2D eigenvalue weighted by Gasteiger charge is -2.16. The molecule has 3 aromatic rings. The second-order valence-electron chi connectivity index (χ2n) is 7.47. The first kappa shape index (κ1) is 22.3. The predicted molar refractivity (Wildman–Crippen MR) is 123 cm³/mol. The SMILES string of the molecule is C[C@@H](NC(=O)CSc1nnc(CN2CCCC2=O)n1-c1ccccn1)c1cccc(Cl)c1. The zero-order valence-corrected chi connectivity index (χ0v) is 19.1. The van der Waals surface area contributed by atoms with Crippen LogP contribution in [0.2, 0.25) is 5.02 Å².